The van der Waals surface area contributed by atoms with Gasteiger partial charge in [-0.2, -0.15) is 0 Å². The van der Waals surface area contributed by atoms with Crippen molar-refractivity contribution in [3.8, 4) is 0 Å². The Morgan fingerprint density at radius 1 is 1.25 bits per heavy atom. The van der Waals surface area contributed by atoms with Crippen LogP contribution in [0.2, 0.25) is 0 Å². The van der Waals surface area contributed by atoms with Crippen molar-refractivity contribution in [2.45, 2.75) is 51.1 Å². The van der Waals surface area contributed by atoms with Crippen LogP contribution in [0.5, 0.6) is 0 Å². The highest BCUT2D eigenvalue weighted by Crippen LogP contribution is 2.37. The van der Waals surface area contributed by atoms with Gasteiger partial charge in [-0.05, 0) is 57.2 Å². The molecule has 0 aromatic heterocycles. The summed E-state index contributed by atoms with van der Waals surface area (Å²) in [5, 5.41) is 6.30. The molecular formula is C16H23BrN2O. The summed E-state index contributed by atoms with van der Waals surface area (Å²) in [5.74, 6) is 0.705. The Bertz CT molecular complexity index is 458. The van der Waals surface area contributed by atoms with Gasteiger partial charge in [-0.1, -0.05) is 28.1 Å². The molecule has 0 aliphatic heterocycles. The molecule has 0 heterocycles. The molecular weight excluding hydrogens is 316 g/mol. The fourth-order valence-corrected chi connectivity index (χ4v) is 2.76. The molecule has 1 saturated carbocycles. The lowest BCUT2D eigenvalue weighted by molar-refractivity contribution is -0.121. The molecule has 1 aromatic carbocycles. The zero-order chi connectivity index (χ0) is 14.8. The van der Waals surface area contributed by atoms with E-state index in [-0.39, 0.29) is 11.4 Å². The first-order chi connectivity index (χ1) is 9.33. The standard InChI is InChI=1S/C16H23BrN2O/c1-16(2,3)19-15(20)10-18-14-8-12(9-14)11-4-6-13(17)7-5-11/h4-7,12,14,18H,8-10H2,1-3H3,(H,19,20). The predicted molar refractivity (Wildman–Crippen MR) is 85.8 cm³/mol. The first-order valence-electron chi connectivity index (χ1n) is 7.13. The van der Waals surface area contributed by atoms with E-state index in [1.165, 1.54) is 5.56 Å². The van der Waals surface area contributed by atoms with Gasteiger partial charge in [0.2, 0.25) is 5.91 Å². The molecule has 4 heteroatoms. The molecule has 0 atom stereocenters. The molecule has 0 bridgehead atoms. The highest BCUT2D eigenvalue weighted by molar-refractivity contribution is 9.10. The lowest BCUT2D eigenvalue weighted by Crippen LogP contribution is -2.49. The van der Waals surface area contributed by atoms with Crippen LogP contribution < -0.4 is 10.6 Å². The third-order valence-electron chi connectivity index (χ3n) is 3.55. The average molecular weight is 339 g/mol. The van der Waals surface area contributed by atoms with Gasteiger partial charge in [0.05, 0.1) is 6.54 Å². The van der Waals surface area contributed by atoms with Gasteiger partial charge in [-0.25, -0.2) is 0 Å². The van der Waals surface area contributed by atoms with Crippen LogP contribution in [0.15, 0.2) is 28.7 Å². The van der Waals surface area contributed by atoms with E-state index in [9.17, 15) is 4.79 Å². The van der Waals surface area contributed by atoms with Gasteiger partial charge < -0.3 is 10.6 Å². The molecule has 0 spiro atoms. The summed E-state index contributed by atoms with van der Waals surface area (Å²) in [6.07, 6.45) is 2.23. The molecule has 1 aromatic rings. The van der Waals surface area contributed by atoms with Gasteiger partial charge in [0, 0.05) is 16.1 Å². The van der Waals surface area contributed by atoms with Crippen molar-refractivity contribution >= 4 is 21.8 Å². The first-order valence-corrected chi connectivity index (χ1v) is 7.92. The molecule has 0 unspecified atom stereocenters. The summed E-state index contributed by atoms with van der Waals surface area (Å²) in [5.41, 5.74) is 1.24. The zero-order valence-electron chi connectivity index (χ0n) is 12.4. The minimum Gasteiger partial charge on any atom is -0.350 e. The molecule has 0 saturated heterocycles. The van der Waals surface area contributed by atoms with E-state index >= 15 is 0 Å². The maximum atomic E-state index is 11.7. The summed E-state index contributed by atoms with van der Waals surface area (Å²) in [6.45, 7) is 6.41. The van der Waals surface area contributed by atoms with Crippen molar-refractivity contribution < 1.29 is 4.79 Å². The van der Waals surface area contributed by atoms with Crippen molar-refractivity contribution in [2.75, 3.05) is 6.54 Å². The Hall–Kier alpha value is -0.870. The van der Waals surface area contributed by atoms with Crippen LogP contribution in [0, 0.1) is 0 Å². The molecule has 110 valence electrons. The van der Waals surface area contributed by atoms with Crippen LogP contribution in [0.3, 0.4) is 0 Å². The molecule has 0 radical (unpaired) electrons. The number of halogens is 1. The van der Waals surface area contributed by atoms with Crippen molar-refractivity contribution in [2.24, 2.45) is 0 Å². The predicted octanol–water partition coefficient (Wildman–Crippen LogP) is 3.20. The van der Waals surface area contributed by atoms with E-state index in [1.54, 1.807) is 0 Å². The third kappa shape index (κ3) is 4.60. The van der Waals surface area contributed by atoms with Gasteiger partial charge in [0.25, 0.3) is 0 Å². The number of rotatable bonds is 4. The Balaban J connectivity index is 1.69. The normalized spacial score (nSPS) is 22.2. The van der Waals surface area contributed by atoms with E-state index < -0.39 is 0 Å². The molecule has 1 amide bonds. The second-order valence-corrected chi connectivity index (χ2v) is 7.51. The largest absolute Gasteiger partial charge is 0.350 e. The van der Waals surface area contributed by atoms with E-state index in [4.69, 9.17) is 0 Å². The summed E-state index contributed by atoms with van der Waals surface area (Å²) >= 11 is 3.45. The molecule has 2 rings (SSSR count). The smallest absolute Gasteiger partial charge is 0.234 e. The van der Waals surface area contributed by atoms with Crippen molar-refractivity contribution in [1.82, 2.24) is 10.6 Å². The number of hydrogen-bond donors (Lipinski definition) is 2. The molecule has 2 N–H and O–H groups in total. The minimum atomic E-state index is -0.154. The Kier molecular flexibility index (Phi) is 4.86. The van der Waals surface area contributed by atoms with Gasteiger partial charge in [0.15, 0.2) is 0 Å². The maximum Gasteiger partial charge on any atom is 0.234 e. The maximum absolute atomic E-state index is 11.7. The van der Waals surface area contributed by atoms with Crippen molar-refractivity contribution in [1.29, 1.82) is 0 Å². The van der Waals surface area contributed by atoms with E-state index in [2.05, 4.69) is 50.8 Å². The Morgan fingerprint density at radius 2 is 1.85 bits per heavy atom. The second-order valence-electron chi connectivity index (χ2n) is 6.60. The summed E-state index contributed by atoms with van der Waals surface area (Å²) in [6, 6.07) is 9.00. The number of benzene rings is 1. The van der Waals surface area contributed by atoms with Crippen LogP contribution in [0.1, 0.15) is 45.1 Å². The molecule has 1 fully saturated rings. The summed E-state index contributed by atoms with van der Waals surface area (Å²) in [4.78, 5) is 11.7. The van der Waals surface area contributed by atoms with Crippen LogP contribution in [0.4, 0.5) is 0 Å². The number of amides is 1. The zero-order valence-corrected chi connectivity index (χ0v) is 14.0. The summed E-state index contributed by atoms with van der Waals surface area (Å²) in [7, 11) is 0. The Morgan fingerprint density at radius 3 is 2.40 bits per heavy atom. The summed E-state index contributed by atoms with van der Waals surface area (Å²) < 4.78 is 1.12. The molecule has 20 heavy (non-hydrogen) atoms. The Labute approximate surface area is 129 Å². The van der Waals surface area contributed by atoms with E-state index in [1.807, 2.05) is 20.8 Å². The SMILES string of the molecule is CC(C)(C)NC(=O)CNC1CC(c2ccc(Br)cc2)C1. The lowest BCUT2D eigenvalue weighted by atomic mass is 9.76. The van der Waals surface area contributed by atoms with Gasteiger partial charge in [-0.3, -0.25) is 4.79 Å². The topological polar surface area (TPSA) is 41.1 Å². The number of nitrogens with one attached hydrogen (secondary N) is 2. The third-order valence-corrected chi connectivity index (χ3v) is 4.07. The van der Waals surface area contributed by atoms with Crippen LogP contribution >= 0.6 is 15.9 Å². The monoisotopic (exact) mass is 338 g/mol. The number of hydrogen-bond acceptors (Lipinski definition) is 2. The fourth-order valence-electron chi connectivity index (χ4n) is 2.49. The minimum absolute atomic E-state index is 0.0737. The van der Waals surface area contributed by atoms with E-state index in [0.717, 1.165) is 17.3 Å². The molecule has 1 aliphatic carbocycles. The first kappa shape index (κ1) is 15.5. The fraction of sp³-hybridized carbons (Fsp3) is 0.562. The average Bonchev–Trinajstić information content (AvgIpc) is 2.27. The van der Waals surface area contributed by atoms with Crippen LogP contribution in [-0.2, 0) is 4.79 Å². The lowest BCUT2D eigenvalue weighted by Gasteiger charge is -2.36. The van der Waals surface area contributed by atoms with Crippen molar-refractivity contribution in [3.05, 3.63) is 34.3 Å². The quantitative estimate of drug-likeness (QED) is 0.885. The molecule has 3 nitrogen and oxygen atoms in total. The number of carbonyl (C=O) groups excluding carboxylic acids is 1. The van der Waals surface area contributed by atoms with Crippen LogP contribution in [0.25, 0.3) is 0 Å². The number of carbonyl (C=O) groups is 1. The van der Waals surface area contributed by atoms with Gasteiger partial charge >= 0.3 is 0 Å². The van der Waals surface area contributed by atoms with Crippen molar-refractivity contribution in [3.63, 3.8) is 0 Å². The highest BCUT2D eigenvalue weighted by Gasteiger charge is 2.30. The van der Waals surface area contributed by atoms with Crippen LogP contribution in [-0.4, -0.2) is 24.0 Å². The van der Waals surface area contributed by atoms with E-state index in [0.29, 0.717) is 18.5 Å². The highest BCUT2D eigenvalue weighted by atomic mass is 79.9. The molecule has 1 aliphatic rings. The van der Waals surface area contributed by atoms with Gasteiger partial charge in [-0.15, -0.1) is 0 Å². The van der Waals surface area contributed by atoms with Gasteiger partial charge in [0.1, 0.15) is 0 Å². The second kappa shape index (κ2) is 6.27.